The minimum Gasteiger partial charge on any atom is -0.444 e. The molecule has 250 valence electrons. The number of hydrogen-bond acceptors (Lipinski definition) is 8. The zero-order valence-electron chi connectivity index (χ0n) is 27.8. The molecule has 0 radical (unpaired) electrons. The maximum absolute atomic E-state index is 13.0. The first-order valence-electron chi connectivity index (χ1n) is 16.5. The Bertz CT molecular complexity index is 1680. The third-order valence-electron chi connectivity index (χ3n) is 8.84. The summed E-state index contributed by atoms with van der Waals surface area (Å²) < 4.78 is 7.21. The Balaban J connectivity index is 0.983. The number of carbonyl (C=O) groups is 2. The molecule has 0 spiro atoms. The first kappa shape index (κ1) is 32.7. The van der Waals surface area contributed by atoms with Gasteiger partial charge in [0.25, 0.3) is 5.91 Å². The number of fused-ring (bicyclic) bond motifs is 1. The molecule has 2 aromatic heterocycles. The number of piperazine rings is 1. The lowest BCUT2D eigenvalue weighted by Crippen LogP contribution is -2.51. The van der Waals surface area contributed by atoms with Crippen LogP contribution in [0, 0.1) is 0 Å². The number of rotatable bonds is 9. The van der Waals surface area contributed by atoms with E-state index in [9.17, 15) is 14.7 Å². The molecule has 0 saturated carbocycles. The Labute approximate surface area is 275 Å². The lowest BCUT2D eigenvalue weighted by atomic mass is 10.1. The molecule has 12 heteroatoms. The smallest absolute Gasteiger partial charge is 0.410 e. The Morgan fingerprint density at radius 2 is 1.81 bits per heavy atom. The normalized spacial score (nSPS) is 18.5. The summed E-state index contributed by atoms with van der Waals surface area (Å²) in [7, 11) is 0. The molecule has 2 amide bonds. The van der Waals surface area contributed by atoms with Gasteiger partial charge in [0.1, 0.15) is 11.4 Å². The molecule has 2 aliphatic heterocycles. The third kappa shape index (κ3) is 8.37. The number of hydrogen-bond donors (Lipinski definition) is 3. The first-order chi connectivity index (χ1) is 22.5. The number of H-pyrrole nitrogens is 1. The van der Waals surface area contributed by atoms with Crippen LogP contribution in [0.2, 0.25) is 0 Å². The van der Waals surface area contributed by atoms with E-state index in [1.54, 1.807) is 27.9 Å². The van der Waals surface area contributed by atoms with Gasteiger partial charge in [0.2, 0.25) is 0 Å². The standard InChI is InChI=1S/C35H46N8O4/c1-24-6-5-13-42(24)23-32-38-30-12-11-28(18-31(30)39-32)37-33(45)26-9-7-25(8-10-26)27-19-36-43(20-27)22-29(44)21-40-14-16-41(17-15-40)34(46)47-35(2,3)4/h7-12,18-20,24,29,44H,5-6,13-17,21-23H2,1-4H3,(H,37,45)(H,38,39)/t24-,29?/m0/s1. The first-order valence-corrected chi connectivity index (χ1v) is 16.5. The van der Waals surface area contributed by atoms with Crippen LogP contribution in [0.3, 0.4) is 0 Å². The molecule has 2 aromatic carbocycles. The summed E-state index contributed by atoms with van der Waals surface area (Å²) in [5.74, 6) is 0.758. The number of aliphatic hydroxyl groups is 1. The maximum atomic E-state index is 13.0. The van der Waals surface area contributed by atoms with Gasteiger partial charge in [-0.3, -0.25) is 19.3 Å². The van der Waals surface area contributed by atoms with Crippen LogP contribution in [0.5, 0.6) is 0 Å². The van der Waals surface area contributed by atoms with Crippen molar-refractivity contribution >= 4 is 28.7 Å². The van der Waals surface area contributed by atoms with Crippen LogP contribution < -0.4 is 5.32 Å². The molecule has 47 heavy (non-hydrogen) atoms. The van der Waals surface area contributed by atoms with E-state index in [2.05, 4.69) is 32.1 Å². The summed E-state index contributed by atoms with van der Waals surface area (Å²) in [4.78, 5) is 39.8. The monoisotopic (exact) mass is 642 g/mol. The molecule has 12 nitrogen and oxygen atoms in total. The largest absolute Gasteiger partial charge is 0.444 e. The fourth-order valence-corrected chi connectivity index (χ4v) is 6.28. The van der Waals surface area contributed by atoms with Crippen LogP contribution in [0.15, 0.2) is 54.9 Å². The van der Waals surface area contributed by atoms with Gasteiger partial charge >= 0.3 is 6.09 Å². The summed E-state index contributed by atoms with van der Waals surface area (Å²) in [5.41, 5.74) is 4.37. The molecule has 4 heterocycles. The maximum Gasteiger partial charge on any atom is 0.410 e. The number of aromatic nitrogens is 4. The van der Waals surface area contributed by atoms with Gasteiger partial charge in [-0.1, -0.05) is 12.1 Å². The topological polar surface area (TPSA) is 132 Å². The number of nitrogens with one attached hydrogen (secondary N) is 2. The van der Waals surface area contributed by atoms with Crippen molar-refractivity contribution in [1.29, 1.82) is 0 Å². The van der Waals surface area contributed by atoms with Gasteiger partial charge in [-0.2, -0.15) is 5.10 Å². The number of ether oxygens (including phenoxy) is 1. The van der Waals surface area contributed by atoms with Crippen LogP contribution in [0.1, 0.15) is 56.7 Å². The van der Waals surface area contributed by atoms with E-state index < -0.39 is 11.7 Å². The van der Waals surface area contributed by atoms with Crippen molar-refractivity contribution < 1.29 is 19.4 Å². The van der Waals surface area contributed by atoms with Crippen LogP contribution in [-0.2, 0) is 17.8 Å². The number of amides is 2. The number of β-amino-alcohol motifs (C(OH)–C–C–N with tert-alkyl or cyclic N) is 1. The average molecular weight is 643 g/mol. The highest BCUT2D eigenvalue weighted by atomic mass is 16.6. The molecule has 6 rings (SSSR count). The number of anilines is 1. The van der Waals surface area contributed by atoms with Gasteiger partial charge in [0.15, 0.2) is 0 Å². The van der Waals surface area contributed by atoms with E-state index >= 15 is 0 Å². The van der Waals surface area contributed by atoms with Crippen LogP contribution >= 0.6 is 0 Å². The number of nitrogens with zero attached hydrogens (tertiary/aromatic N) is 6. The third-order valence-corrected chi connectivity index (χ3v) is 8.84. The number of aliphatic hydroxyl groups excluding tert-OH is 1. The minimum atomic E-state index is -0.608. The fraction of sp³-hybridized carbons (Fsp3) is 0.486. The molecule has 3 N–H and O–H groups in total. The van der Waals surface area contributed by atoms with E-state index in [-0.39, 0.29) is 12.0 Å². The average Bonchev–Trinajstić information content (AvgIpc) is 3.76. The summed E-state index contributed by atoms with van der Waals surface area (Å²) in [6.45, 7) is 13.1. The SMILES string of the molecule is C[C@H]1CCCN1Cc1nc2ccc(NC(=O)c3ccc(-c4cnn(CC(O)CN5CCN(C(=O)OC(C)(C)C)CC5)c4)cc3)cc2[nH]1. The summed E-state index contributed by atoms with van der Waals surface area (Å²) in [6.07, 6.45) is 5.22. The van der Waals surface area contributed by atoms with Crippen LogP contribution in [-0.4, -0.2) is 109 Å². The highest BCUT2D eigenvalue weighted by Crippen LogP contribution is 2.23. The Morgan fingerprint density at radius 1 is 1.04 bits per heavy atom. The second-order valence-electron chi connectivity index (χ2n) is 13.8. The molecule has 2 saturated heterocycles. The Morgan fingerprint density at radius 3 is 2.51 bits per heavy atom. The highest BCUT2D eigenvalue weighted by molar-refractivity contribution is 6.05. The molecule has 0 bridgehead atoms. The van der Waals surface area contributed by atoms with Crippen LogP contribution in [0.25, 0.3) is 22.2 Å². The van der Waals surface area contributed by atoms with Gasteiger partial charge in [-0.25, -0.2) is 9.78 Å². The second kappa shape index (κ2) is 13.8. The molecule has 2 atom stereocenters. The molecule has 1 unspecified atom stereocenters. The Kier molecular flexibility index (Phi) is 9.62. The lowest BCUT2D eigenvalue weighted by molar-refractivity contribution is 0.00919. The van der Waals surface area contributed by atoms with E-state index in [0.717, 1.165) is 41.1 Å². The van der Waals surface area contributed by atoms with E-state index in [1.165, 1.54) is 12.8 Å². The van der Waals surface area contributed by atoms with E-state index in [0.29, 0.717) is 56.6 Å². The van der Waals surface area contributed by atoms with Crippen molar-refractivity contribution in [3.63, 3.8) is 0 Å². The van der Waals surface area contributed by atoms with Gasteiger partial charge in [0.05, 0.1) is 36.4 Å². The number of carbonyl (C=O) groups excluding carboxylic acids is 2. The predicted molar refractivity (Wildman–Crippen MR) is 181 cm³/mol. The van der Waals surface area contributed by atoms with Crippen molar-refractivity contribution in [3.05, 3.63) is 66.2 Å². The molecular formula is C35H46N8O4. The Hall–Kier alpha value is -4.26. The molecule has 4 aromatic rings. The van der Waals surface area contributed by atoms with E-state index in [1.807, 2.05) is 57.3 Å². The van der Waals surface area contributed by atoms with Crippen molar-refractivity contribution in [2.45, 2.75) is 71.4 Å². The van der Waals surface area contributed by atoms with Crippen molar-refractivity contribution in [3.8, 4) is 11.1 Å². The molecule has 2 fully saturated rings. The van der Waals surface area contributed by atoms with Gasteiger partial charge < -0.3 is 25.0 Å². The second-order valence-corrected chi connectivity index (χ2v) is 13.8. The van der Waals surface area contributed by atoms with Gasteiger partial charge in [-0.05, 0) is 83.0 Å². The molecule has 2 aliphatic rings. The highest BCUT2D eigenvalue weighted by Gasteiger charge is 2.27. The van der Waals surface area contributed by atoms with Gasteiger partial charge in [-0.15, -0.1) is 0 Å². The summed E-state index contributed by atoms with van der Waals surface area (Å²) >= 11 is 0. The van der Waals surface area contributed by atoms with Crippen molar-refractivity contribution in [1.82, 2.24) is 34.4 Å². The lowest BCUT2D eigenvalue weighted by Gasteiger charge is -2.36. The predicted octanol–water partition coefficient (Wildman–Crippen LogP) is 4.58. The number of benzene rings is 2. The van der Waals surface area contributed by atoms with Crippen molar-refractivity contribution in [2.24, 2.45) is 0 Å². The zero-order chi connectivity index (χ0) is 33.1. The zero-order valence-corrected chi connectivity index (χ0v) is 27.8. The quantitative estimate of drug-likeness (QED) is 0.242. The van der Waals surface area contributed by atoms with E-state index in [4.69, 9.17) is 9.72 Å². The minimum absolute atomic E-state index is 0.188. The van der Waals surface area contributed by atoms with Crippen LogP contribution in [0.4, 0.5) is 10.5 Å². The number of aromatic amines is 1. The molecular weight excluding hydrogens is 596 g/mol. The number of likely N-dealkylation sites (tertiary alicyclic amines) is 1. The summed E-state index contributed by atoms with van der Waals surface area (Å²) in [5, 5.41) is 18.2. The fourth-order valence-electron chi connectivity index (χ4n) is 6.28. The number of imidazole rings is 1. The van der Waals surface area contributed by atoms with Crippen molar-refractivity contribution in [2.75, 3.05) is 44.6 Å². The summed E-state index contributed by atoms with van der Waals surface area (Å²) in [6, 6.07) is 13.7. The van der Waals surface area contributed by atoms with Gasteiger partial charge in [0, 0.05) is 61.8 Å². The molecule has 0 aliphatic carbocycles.